The topological polar surface area (TPSA) is 84.5 Å². The average Bonchev–Trinajstić information content (AvgIpc) is 2.75. The lowest BCUT2D eigenvalue weighted by Gasteiger charge is -2.14. The summed E-state index contributed by atoms with van der Waals surface area (Å²) in [4.78, 5) is 13.6. The summed E-state index contributed by atoms with van der Waals surface area (Å²) in [6, 6.07) is 20.8. The fraction of sp³-hybridized carbons (Fsp3) is 0.174. The van der Waals surface area contributed by atoms with Crippen LogP contribution in [0.3, 0.4) is 0 Å². The van der Waals surface area contributed by atoms with Crippen molar-refractivity contribution in [1.82, 2.24) is 0 Å². The van der Waals surface area contributed by atoms with Crippen LogP contribution in [0.25, 0.3) is 0 Å². The molecule has 0 saturated heterocycles. The predicted molar refractivity (Wildman–Crippen MR) is 125 cm³/mol. The Labute approximate surface area is 187 Å². The van der Waals surface area contributed by atoms with Gasteiger partial charge in [0.1, 0.15) is 5.75 Å². The molecule has 3 aromatic rings. The van der Waals surface area contributed by atoms with Crippen molar-refractivity contribution in [3.05, 3.63) is 78.4 Å². The second-order valence-electron chi connectivity index (χ2n) is 6.89. The third-order valence-corrected chi connectivity index (χ3v) is 6.99. The molecule has 1 amide bonds. The number of nitrogens with one attached hydrogen (secondary N) is 2. The van der Waals surface area contributed by atoms with Gasteiger partial charge in [-0.1, -0.05) is 29.8 Å². The van der Waals surface area contributed by atoms with Crippen molar-refractivity contribution >= 4 is 39.1 Å². The minimum Gasteiger partial charge on any atom is -0.495 e. The quantitative estimate of drug-likeness (QED) is 0.470. The van der Waals surface area contributed by atoms with Gasteiger partial charge >= 0.3 is 0 Å². The largest absolute Gasteiger partial charge is 0.495 e. The first-order valence-electron chi connectivity index (χ1n) is 9.58. The van der Waals surface area contributed by atoms with E-state index in [1.807, 2.05) is 26.0 Å². The van der Waals surface area contributed by atoms with Crippen molar-refractivity contribution in [2.45, 2.75) is 28.9 Å². The average molecular weight is 457 g/mol. The molecule has 3 rings (SSSR count). The van der Waals surface area contributed by atoms with E-state index in [0.29, 0.717) is 17.1 Å². The number of anilines is 2. The highest BCUT2D eigenvalue weighted by Crippen LogP contribution is 2.28. The summed E-state index contributed by atoms with van der Waals surface area (Å²) in [5.74, 6) is 0.442. The number of aryl methyl sites for hydroxylation is 1. The van der Waals surface area contributed by atoms with Crippen LogP contribution in [-0.2, 0) is 14.8 Å². The van der Waals surface area contributed by atoms with E-state index in [2.05, 4.69) is 10.0 Å². The van der Waals surface area contributed by atoms with Gasteiger partial charge < -0.3 is 10.1 Å². The molecule has 0 saturated carbocycles. The van der Waals surface area contributed by atoms with Crippen LogP contribution in [0, 0.1) is 6.92 Å². The van der Waals surface area contributed by atoms with E-state index in [1.54, 1.807) is 67.8 Å². The van der Waals surface area contributed by atoms with Crippen LogP contribution < -0.4 is 14.8 Å². The van der Waals surface area contributed by atoms with Crippen molar-refractivity contribution in [2.75, 3.05) is 17.1 Å². The molecule has 6 nitrogen and oxygen atoms in total. The zero-order valence-electron chi connectivity index (χ0n) is 17.5. The van der Waals surface area contributed by atoms with Gasteiger partial charge in [0.15, 0.2) is 0 Å². The van der Waals surface area contributed by atoms with Gasteiger partial charge in [0.25, 0.3) is 10.0 Å². The van der Waals surface area contributed by atoms with Gasteiger partial charge in [-0.25, -0.2) is 8.42 Å². The number of amides is 1. The van der Waals surface area contributed by atoms with Crippen molar-refractivity contribution in [1.29, 1.82) is 0 Å². The monoisotopic (exact) mass is 456 g/mol. The van der Waals surface area contributed by atoms with E-state index in [-0.39, 0.29) is 16.1 Å². The van der Waals surface area contributed by atoms with Crippen molar-refractivity contribution in [3.63, 3.8) is 0 Å². The Morgan fingerprint density at radius 1 is 0.968 bits per heavy atom. The number of benzene rings is 3. The Morgan fingerprint density at radius 2 is 1.61 bits per heavy atom. The summed E-state index contributed by atoms with van der Waals surface area (Å²) < 4.78 is 32.9. The predicted octanol–water partition coefficient (Wildman–Crippen LogP) is 4.92. The molecule has 8 heteroatoms. The number of hydrogen-bond donors (Lipinski definition) is 2. The second kappa shape index (κ2) is 9.89. The lowest BCUT2D eigenvalue weighted by atomic mass is 10.2. The van der Waals surface area contributed by atoms with Gasteiger partial charge in [0, 0.05) is 10.6 Å². The standard InChI is InChI=1S/C23H24N2O4S2/c1-16-8-14-20(15-9-16)31(27,28)25-18-10-12-19(13-11-18)30-17(2)23(26)24-21-6-4-5-7-22(21)29-3/h4-15,17,25H,1-3H3,(H,24,26). The summed E-state index contributed by atoms with van der Waals surface area (Å²) in [5.41, 5.74) is 2.06. The molecule has 1 unspecified atom stereocenters. The molecule has 0 aromatic heterocycles. The van der Waals surface area contributed by atoms with E-state index in [0.717, 1.165) is 10.5 Å². The van der Waals surface area contributed by atoms with Crippen LogP contribution in [0.5, 0.6) is 5.75 Å². The number of methoxy groups -OCH3 is 1. The maximum atomic E-state index is 12.5. The smallest absolute Gasteiger partial charge is 0.261 e. The molecule has 31 heavy (non-hydrogen) atoms. The normalized spacial score (nSPS) is 12.1. The molecule has 162 valence electrons. The van der Waals surface area contributed by atoms with Crippen LogP contribution in [-0.4, -0.2) is 26.7 Å². The number of para-hydroxylation sites is 2. The van der Waals surface area contributed by atoms with Crippen molar-refractivity contribution < 1.29 is 17.9 Å². The summed E-state index contributed by atoms with van der Waals surface area (Å²) in [5, 5.41) is 2.51. The number of ether oxygens (including phenoxy) is 1. The van der Waals surface area contributed by atoms with Gasteiger partial charge in [0.2, 0.25) is 5.91 Å². The third-order valence-electron chi connectivity index (χ3n) is 4.48. The zero-order valence-corrected chi connectivity index (χ0v) is 19.1. The van der Waals surface area contributed by atoms with E-state index < -0.39 is 10.0 Å². The molecule has 0 spiro atoms. The van der Waals surface area contributed by atoms with Crippen LogP contribution in [0.2, 0.25) is 0 Å². The van der Waals surface area contributed by atoms with E-state index in [9.17, 15) is 13.2 Å². The fourth-order valence-electron chi connectivity index (χ4n) is 2.77. The Kier molecular flexibility index (Phi) is 7.25. The molecular weight excluding hydrogens is 432 g/mol. The van der Waals surface area contributed by atoms with Gasteiger partial charge in [-0.3, -0.25) is 9.52 Å². The van der Waals surface area contributed by atoms with E-state index >= 15 is 0 Å². The van der Waals surface area contributed by atoms with Crippen LogP contribution in [0.4, 0.5) is 11.4 Å². The number of thioether (sulfide) groups is 1. The highest BCUT2D eigenvalue weighted by atomic mass is 32.2. The SMILES string of the molecule is COc1ccccc1NC(=O)C(C)Sc1ccc(NS(=O)(=O)c2ccc(C)cc2)cc1. The fourth-order valence-corrected chi connectivity index (χ4v) is 4.70. The van der Waals surface area contributed by atoms with Crippen LogP contribution in [0.15, 0.2) is 82.6 Å². The number of rotatable bonds is 8. The molecule has 1 atom stereocenters. The first-order chi connectivity index (χ1) is 14.8. The van der Waals surface area contributed by atoms with E-state index in [4.69, 9.17) is 4.74 Å². The number of carbonyl (C=O) groups excluding carboxylic acids is 1. The highest BCUT2D eigenvalue weighted by Gasteiger charge is 2.17. The minimum atomic E-state index is -3.65. The maximum absolute atomic E-state index is 12.5. The first kappa shape index (κ1) is 22.7. The summed E-state index contributed by atoms with van der Waals surface area (Å²) in [7, 11) is -2.10. The van der Waals surface area contributed by atoms with Crippen molar-refractivity contribution in [3.8, 4) is 5.75 Å². The van der Waals surface area contributed by atoms with Gasteiger partial charge in [0.05, 0.1) is 22.9 Å². The lowest BCUT2D eigenvalue weighted by Crippen LogP contribution is -2.22. The number of hydrogen-bond acceptors (Lipinski definition) is 5. The number of sulfonamides is 1. The van der Waals surface area contributed by atoms with Crippen LogP contribution >= 0.6 is 11.8 Å². The molecule has 3 aromatic carbocycles. The summed E-state index contributed by atoms with van der Waals surface area (Å²) in [6.07, 6.45) is 0. The molecule has 0 heterocycles. The Hall–Kier alpha value is -2.97. The molecule has 0 aliphatic rings. The van der Waals surface area contributed by atoms with Gasteiger partial charge in [-0.2, -0.15) is 0 Å². The van der Waals surface area contributed by atoms with E-state index in [1.165, 1.54) is 11.8 Å². The highest BCUT2D eigenvalue weighted by molar-refractivity contribution is 8.00. The molecular formula is C23H24N2O4S2. The second-order valence-corrected chi connectivity index (χ2v) is 9.99. The molecule has 0 aliphatic heterocycles. The lowest BCUT2D eigenvalue weighted by molar-refractivity contribution is -0.115. The molecule has 0 bridgehead atoms. The minimum absolute atomic E-state index is 0.154. The Morgan fingerprint density at radius 3 is 2.26 bits per heavy atom. The molecule has 0 aliphatic carbocycles. The summed E-state index contributed by atoms with van der Waals surface area (Å²) in [6.45, 7) is 3.71. The van der Waals surface area contributed by atoms with Gasteiger partial charge in [-0.05, 0) is 62.4 Å². The summed E-state index contributed by atoms with van der Waals surface area (Å²) >= 11 is 1.38. The first-order valence-corrected chi connectivity index (χ1v) is 11.9. The van der Waals surface area contributed by atoms with Crippen LogP contribution in [0.1, 0.15) is 12.5 Å². The maximum Gasteiger partial charge on any atom is 0.261 e. The molecule has 0 radical (unpaired) electrons. The molecule has 0 fully saturated rings. The van der Waals surface area contributed by atoms with Gasteiger partial charge in [-0.15, -0.1) is 11.8 Å². The Balaban J connectivity index is 1.62. The molecule has 2 N–H and O–H groups in total. The number of carbonyl (C=O) groups is 1. The third kappa shape index (κ3) is 6.02. The zero-order chi connectivity index (χ0) is 22.4. The Bertz CT molecular complexity index is 1140. The van der Waals surface area contributed by atoms with Crippen molar-refractivity contribution in [2.24, 2.45) is 0 Å².